The Bertz CT molecular complexity index is 1430. The van der Waals surface area contributed by atoms with Crippen LogP contribution in [0.5, 0.6) is 5.75 Å². The first kappa shape index (κ1) is 25.5. The predicted molar refractivity (Wildman–Crippen MR) is 149 cm³/mol. The predicted octanol–water partition coefficient (Wildman–Crippen LogP) is 5.02. The van der Waals surface area contributed by atoms with Gasteiger partial charge in [0.15, 0.2) is 5.11 Å². The Morgan fingerprint density at radius 1 is 1.06 bits per heavy atom. The molecule has 0 spiro atoms. The molecular weight excluding hydrogens is 591 g/mol. The number of halogens is 1. The SMILES string of the molecule is Cc1ccc(N2C(=O)/C(=C/c3ccc(OCc4ccc(C(=O)O)cc4)c(I)c3)C(=O)NC2=S)cc1C. The summed E-state index contributed by atoms with van der Waals surface area (Å²) < 4.78 is 6.66. The fourth-order valence-electron chi connectivity index (χ4n) is 3.55. The highest BCUT2D eigenvalue weighted by Crippen LogP contribution is 2.27. The normalized spacial score (nSPS) is 14.7. The summed E-state index contributed by atoms with van der Waals surface area (Å²) in [5.74, 6) is -1.40. The van der Waals surface area contributed by atoms with E-state index in [1.54, 1.807) is 30.3 Å². The van der Waals surface area contributed by atoms with Crippen LogP contribution in [0.4, 0.5) is 5.69 Å². The third-order valence-corrected chi connectivity index (χ3v) is 6.84. The maximum Gasteiger partial charge on any atom is 0.335 e. The van der Waals surface area contributed by atoms with E-state index in [2.05, 4.69) is 27.9 Å². The van der Waals surface area contributed by atoms with Gasteiger partial charge >= 0.3 is 5.97 Å². The van der Waals surface area contributed by atoms with Crippen LogP contribution < -0.4 is 15.0 Å². The van der Waals surface area contributed by atoms with Crippen molar-refractivity contribution in [3.8, 4) is 5.75 Å². The molecule has 4 rings (SSSR count). The van der Waals surface area contributed by atoms with E-state index in [0.29, 0.717) is 17.0 Å². The standard InChI is InChI=1S/C27H21IN2O5S/c1-15-3-9-20(11-16(15)2)30-25(32)21(24(31)29-27(30)36)12-18-6-10-23(22(28)13-18)35-14-17-4-7-19(8-5-17)26(33)34/h3-13H,14H2,1-2H3,(H,33,34)(H,29,31,36)/b21-12+. The molecule has 0 bridgehead atoms. The number of carbonyl (C=O) groups is 3. The summed E-state index contributed by atoms with van der Waals surface area (Å²) in [5, 5.41) is 11.7. The van der Waals surface area contributed by atoms with Crippen molar-refractivity contribution >= 4 is 69.5 Å². The van der Waals surface area contributed by atoms with Crippen molar-refractivity contribution in [3.63, 3.8) is 0 Å². The van der Waals surface area contributed by atoms with Gasteiger partial charge in [0.1, 0.15) is 17.9 Å². The summed E-state index contributed by atoms with van der Waals surface area (Å²) in [6, 6.07) is 17.3. The van der Waals surface area contributed by atoms with Gasteiger partial charge in [-0.15, -0.1) is 0 Å². The average molecular weight is 612 g/mol. The molecule has 1 heterocycles. The average Bonchev–Trinajstić information content (AvgIpc) is 2.83. The van der Waals surface area contributed by atoms with Gasteiger partial charge < -0.3 is 9.84 Å². The van der Waals surface area contributed by atoms with Gasteiger partial charge in [0.05, 0.1) is 14.8 Å². The number of rotatable bonds is 6. The van der Waals surface area contributed by atoms with Crippen molar-refractivity contribution in [1.82, 2.24) is 5.32 Å². The Morgan fingerprint density at radius 3 is 2.42 bits per heavy atom. The molecule has 1 aliphatic rings. The highest BCUT2D eigenvalue weighted by Gasteiger charge is 2.34. The number of carboxylic acids is 1. The number of hydrogen-bond donors (Lipinski definition) is 2. The fourth-order valence-corrected chi connectivity index (χ4v) is 4.53. The Kier molecular flexibility index (Phi) is 7.51. The third kappa shape index (κ3) is 5.47. The van der Waals surface area contributed by atoms with Gasteiger partial charge in [-0.05, 0) is 113 Å². The van der Waals surface area contributed by atoms with Crippen molar-refractivity contribution in [2.45, 2.75) is 20.5 Å². The van der Waals surface area contributed by atoms with E-state index in [1.807, 2.05) is 32.0 Å². The second kappa shape index (κ2) is 10.6. The van der Waals surface area contributed by atoms with Crippen LogP contribution >= 0.6 is 34.8 Å². The van der Waals surface area contributed by atoms with E-state index in [9.17, 15) is 14.4 Å². The summed E-state index contributed by atoms with van der Waals surface area (Å²) in [6.07, 6.45) is 1.53. The summed E-state index contributed by atoms with van der Waals surface area (Å²) in [6.45, 7) is 4.19. The lowest BCUT2D eigenvalue weighted by atomic mass is 10.1. The van der Waals surface area contributed by atoms with Gasteiger partial charge in [0.2, 0.25) is 0 Å². The minimum atomic E-state index is -0.981. The first-order valence-electron chi connectivity index (χ1n) is 10.9. The maximum absolute atomic E-state index is 13.3. The lowest BCUT2D eigenvalue weighted by Gasteiger charge is -2.29. The Morgan fingerprint density at radius 2 is 1.78 bits per heavy atom. The van der Waals surface area contributed by atoms with E-state index in [4.69, 9.17) is 22.1 Å². The highest BCUT2D eigenvalue weighted by atomic mass is 127. The van der Waals surface area contributed by atoms with Gasteiger partial charge in [-0.2, -0.15) is 0 Å². The van der Waals surface area contributed by atoms with Gasteiger partial charge in [0.25, 0.3) is 11.8 Å². The third-order valence-electron chi connectivity index (χ3n) is 5.71. The molecule has 2 N–H and O–H groups in total. The van der Waals surface area contributed by atoms with E-state index in [0.717, 1.165) is 20.3 Å². The number of benzene rings is 3. The first-order valence-corrected chi connectivity index (χ1v) is 12.4. The molecule has 2 amide bonds. The largest absolute Gasteiger partial charge is 0.488 e. The molecular formula is C27H21IN2O5S. The zero-order chi connectivity index (χ0) is 26.0. The number of anilines is 1. The second-order valence-corrected chi connectivity index (χ2v) is 9.76. The number of nitrogens with zero attached hydrogens (tertiary/aromatic N) is 1. The molecule has 0 aliphatic carbocycles. The molecule has 3 aromatic rings. The van der Waals surface area contributed by atoms with Crippen LogP contribution in [0.3, 0.4) is 0 Å². The molecule has 36 heavy (non-hydrogen) atoms. The number of aryl methyl sites for hydroxylation is 2. The van der Waals surface area contributed by atoms with Gasteiger partial charge in [-0.25, -0.2) is 4.79 Å². The monoisotopic (exact) mass is 612 g/mol. The number of carboxylic acid groups (broad SMARTS) is 1. The highest BCUT2D eigenvalue weighted by molar-refractivity contribution is 14.1. The number of thiocarbonyl (C=S) groups is 1. The molecule has 182 valence electrons. The number of carbonyl (C=O) groups excluding carboxylic acids is 2. The summed E-state index contributed by atoms with van der Waals surface area (Å²) >= 11 is 7.41. The van der Waals surface area contributed by atoms with E-state index in [-0.39, 0.29) is 22.9 Å². The number of nitrogens with one attached hydrogen (secondary N) is 1. The van der Waals surface area contributed by atoms with Crippen LogP contribution in [0, 0.1) is 17.4 Å². The van der Waals surface area contributed by atoms with E-state index >= 15 is 0 Å². The number of hydrogen-bond acceptors (Lipinski definition) is 5. The van der Waals surface area contributed by atoms with E-state index < -0.39 is 17.8 Å². The summed E-state index contributed by atoms with van der Waals surface area (Å²) in [4.78, 5) is 38.2. The van der Waals surface area contributed by atoms with Crippen LogP contribution in [0.25, 0.3) is 6.08 Å². The van der Waals surface area contributed by atoms with Crippen molar-refractivity contribution in [3.05, 3.63) is 97.6 Å². The summed E-state index contributed by atoms with van der Waals surface area (Å²) in [7, 11) is 0. The molecule has 0 radical (unpaired) electrons. The molecule has 0 unspecified atom stereocenters. The van der Waals surface area contributed by atoms with Gasteiger partial charge in [0, 0.05) is 0 Å². The quantitative estimate of drug-likeness (QED) is 0.176. The number of aromatic carboxylic acids is 1. The zero-order valence-corrected chi connectivity index (χ0v) is 22.3. The smallest absolute Gasteiger partial charge is 0.335 e. The molecule has 7 nitrogen and oxygen atoms in total. The molecule has 9 heteroatoms. The first-order chi connectivity index (χ1) is 17.1. The number of amides is 2. The van der Waals surface area contributed by atoms with Crippen LogP contribution in [0.1, 0.15) is 32.6 Å². The lowest BCUT2D eigenvalue weighted by Crippen LogP contribution is -2.54. The van der Waals surface area contributed by atoms with Crippen molar-refractivity contribution in [2.24, 2.45) is 0 Å². The van der Waals surface area contributed by atoms with Crippen LogP contribution in [0.15, 0.2) is 66.2 Å². The van der Waals surface area contributed by atoms with Crippen LogP contribution in [-0.4, -0.2) is 28.0 Å². The van der Waals surface area contributed by atoms with E-state index in [1.165, 1.54) is 23.1 Å². The van der Waals surface area contributed by atoms with Gasteiger partial charge in [-0.3, -0.25) is 19.8 Å². The Hall–Kier alpha value is -3.57. The Labute approximate surface area is 226 Å². The van der Waals surface area contributed by atoms with Crippen molar-refractivity contribution in [1.29, 1.82) is 0 Å². The lowest BCUT2D eigenvalue weighted by molar-refractivity contribution is -0.122. The summed E-state index contributed by atoms with van der Waals surface area (Å²) in [5.41, 5.74) is 4.36. The molecule has 0 atom stereocenters. The minimum Gasteiger partial charge on any atom is -0.488 e. The van der Waals surface area contributed by atoms with Crippen molar-refractivity contribution < 1.29 is 24.2 Å². The molecule has 1 aliphatic heterocycles. The van der Waals surface area contributed by atoms with Crippen LogP contribution in [0.2, 0.25) is 0 Å². The maximum atomic E-state index is 13.3. The molecule has 1 saturated heterocycles. The second-order valence-electron chi connectivity index (χ2n) is 8.21. The van der Waals surface area contributed by atoms with Crippen LogP contribution in [-0.2, 0) is 16.2 Å². The zero-order valence-electron chi connectivity index (χ0n) is 19.4. The topological polar surface area (TPSA) is 95.9 Å². The van der Waals surface area contributed by atoms with Gasteiger partial charge in [-0.1, -0.05) is 24.3 Å². The molecule has 0 saturated carbocycles. The fraction of sp³-hybridized carbons (Fsp3) is 0.111. The molecule has 1 fully saturated rings. The molecule has 0 aromatic heterocycles. The molecule has 3 aromatic carbocycles. The Balaban J connectivity index is 1.53. The minimum absolute atomic E-state index is 0.0233. The van der Waals surface area contributed by atoms with Crippen molar-refractivity contribution in [2.75, 3.05) is 4.90 Å². The number of ether oxygens (including phenoxy) is 1.